The first-order valence-electron chi connectivity index (χ1n) is 5.40. The number of nitrogens with zero attached hydrogens (tertiary/aromatic N) is 1. The number of aliphatic carboxylic acids is 1. The summed E-state index contributed by atoms with van der Waals surface area (Å²) in [5.41, 5.74) is 1.41. The van der Waals surface area contributed by atoms with Crippen molar-refractivity contribution in [2.45, 2.75) is 6.54 Å². The van der Waals surface area contributed by atoms with E-state index in [0.717, 1.165) is 0 Å². The Bertz CT molecular complexity index is 664. The van der Waals surface area contributed by atoms with Crippen molar-refractivity contribution in [2.75, 3.05) is 0 Å². The van der Waals surface area contributed by atoms with Gasteiger partial charge in [-0.15, -0.1) is 11.3 Å². The maximum Gasteiger partial charge on any atom is 0.337 e. The SMILES string of the molecule is O=C(O)C1=CCn2c(C(=O)c3cccs3)ccc21. The van der Waals surface area contributed by atoms with Gasteiger partial charge in [0.05, 0.1) is 21.8 Å². The standard InChI is InChI=1S/C13H9NO3S/c15-12(11-2-1-7-18-11)10-4-3-9-8(13(16)17)5-6-14(9)10/h1-5,7H,6H2,(H,16,17). The number of carboxylic acids is 1. The zero-order chi connectivity index (χ0) is 12.7. The molecule has 18 heavy (non-hydrogen) atoms. The fourth-order valence-electron chi connectivity index (χ4n) is 2.12. The Kier molecular flexibility index (Phi) is 2.41. The predicted molar refractivity (Wildman–Crippen MR) is 67.8 cm³/mol. The molecule has 0 saturated carbocycles. The summed E-state index contributed by atoms with van der Waals surface area (Å²) in [6.07, 6.45) is 1.63. The largest absolute Gasteiger partial charge is 0.478 e. The number of aromatic nitrogens is 1. The van der Waals surface area contributed by atoms with E-state index in [1.54, 1.807) is 28.8 Å². The Morgan fingerprint density at radius 1 is 1.28 bits per heavy atom. The monoisotopic (exact) mass is 259 g/mol. The quantitative estimate of drug-likeness (QED) is 0.860. The van der Waals surface area contributed by atoms with Gasteiger partial charge in [-0.1, -0.05) is 6.07 Å². The maximum atomic E-state index is 12.2. The van der Waals surface area contributed by atoms with Crippen molar-refractivity contribution in [2.24, 2.45) is 0 Å². The summed E-state index contributed by atoms with van der Waals surface area (Å²) in [6.45, 7) is 0.441. The number of hydrogen-bond donors (Lipinski definition) is 1. The van der Waals surface area contributed by atoms with Crippen molar-refractivity contribution in [3.63, 3.8) is 0 Å². The van der Waals surface area contributed by atoms with Crippen molar-refractivity contribution in [1.29, 1.82) is 0 Å². The Morgan fingerprint density at radius 3 is 2.78 bits per heavy atom. The van der Waals surface area contributed by atoms with Gasteiger partial charge in [-0.3, -0.25) is 4.79 Å². The van der Waals surface area contributed by atoms with Crippen molar-refractivity contribution in [3.8, 4) is 0 Å². The summed E-state index contributed by atoms with van der Waals surface area (Å²) in [5.74, 6) is -1.02. The third-order valence-electron chi connectivity index (χ3n) is 2.94. The molecular weight excluding hydrogens is 250 g/mol. The molecule has 0 fully saturated rings. The fraction of sp³-hybridized carbons (Fsp3) is 0.0769. The second-order valence-electron chi connectivity index (χ2n) is 3.94. The normalized spacial score (nSPS) is 13.2. The topological polar surface area (TPSA) is 59.3 Å². The molecule has 0 amide bonds. The first-order valence-corrected chi connectivity index (χ1v) is 6.28. The van der Waals surface area contributed by atoms with Crippen LogP contribution >= 0.6 is 11.3 Å². The molecule has 0 saturated heterocycles. The van der Waals surface area contributed by atoms with Crippen molar-refractivity contribution in [3.05, 3.63) is 52.0 Å². The maximum absolute atomic E-state index is 12.2. The minimum Gasteiger partial charge on any atom is -0.478 e. The Balaban J connectivity index is 2.02. The first kappa shape index (κ1) is 11.0. The van der Waals surface area contributed by atoms with E-state index >= 15 is 0 Å². The molecule has 0 spiro atoms. The number of thiophene rings is 1. The molecule has 2 aromatic rings. The summed E-state index contributed by atoms with van der Waals surface area (Å²) >= 11 is 1.39. The van der Waals surface area contributed by atoms with Crippen molar-refractivity contribution < 1.29 is 14.7 Å². The number of ketones is 1. The van der Waals surface area contributed by atoms with Gasteiger partial charge in [0, 0.05) is 6.54 Å². The van der Waals surface area contributed by atoms with Crippen LogP contribution in [0.2, 0.25) is 0 Å². The number of fused-ring (bicyclic) bond motifs is 1. The molecule has 1 N–H and O–H groups in total. The van der Waals surface area contributed by atoms with Gasteiger partial charge >= 0.3 is 5.97 Å². The van der Waals surface area contributed by atoms with Gasteiger partial charge in [0.25, 0.3) is 0 Å². The van der Waals surface area contributed by atoms with E-state index in [1.807, 2.05) is 11.4 Å². The molecule has 0 radical (unpaired) electrons. The van der Waals surface area contributed by atoms with Crippen LogP contribution in [0.25, 0.3) is 5.57 Å². The van der Waals surface area contributed by atoms with Gasteiger partial charge in [0.2, 0.25) is 5.78 Å². The highest BCUT2D eigenvalue weighted by Gasteiger charge is 2.25. The van der Waals surface area contributed by atoms with Gasteiger partial charge < -0.3 is 9.67 Å². The van der Waals surface area contributed by atoms with Gasteiger partial charge in [-0.2, -0.15) is 0 Å². The lowest BCUT2D eigenvalue weighted by Gasteiger charge is -2.03. The van der Waals surface area contributed by atoms with Crippen LogP contribution < -0.4 is 0 Å². The Morgan fingerprint density at radius 2 is 2.11 bits per heavy atom. The van der Waals surface area contributed by atoms with Crippen LogP contribution in [0.15, 0.2) is 35.7 Å². The molecule has 3 heterocycles. The average molecular weight is 259 g/mol. The van der Waals surface area contributed by atoms with Crippen LogP contribution in [0.3, 0.4) is 0 Å². The second-order valence-corrected chi connectivity index (χ2v) is 4.89. The molecule has 2 aromatic heterocycles. The van der Waals surface area contributed by atoms with Gasteiger partial charge in [-0.25, -0.2) is 4.79 Å². The summed E-state index contributed by atoms with van der Waals surface area (Å²) in [7, 11) is 0. The lowest BCUT2D eigenvalue weighted by atomic mass is 10.2. The van der Waals surface area contributed by atoms with E-state index < -0.39 is 5.97 Å². The smallest absolute Gasteiger partial charge is 0.337 e. The summed E-state index contributed by atoms with van der Waals surface area (Å²) in [4.78, 5) is 23.9. The third kappa shape index (κ3) is 1.52. The van der Waals surface area contributed by atoms with E-state index in [9.17, 15) is 9.59 Å². The van der Waals surface area contributed by atoms with Gasteiger partial charge in [0.1, 0.15) is 0 Å². The molecule has 1 aliphatic rings. The number of rotatable bonds is 3. The fourth-order valence-corrected chi connectivity index (χ4v) is 2.79. The zero-order valence-corrected chi connectivity index (χ0v) is 10.1. The van der Waals surface area contributed by atoms with Crippen molar-refractivity contribution >= 4 is 28.7 Å². The number of carboxylic acid groups (broad SMARTS) is 1. The van der Waals surface area contributed by atoms with Crippen LogP contribution in [-0.4, -0.2) is 21.4 Å². The van der Waals surface area contributed by atoms with Crippen LogP contribution in [0.1, 0.15) is 21.1 Å². The summed E-state index contributed by atoms with van der Waals surface area (Å²) in [6, 6.07) is 6.97. The molecule has 3 rings (SSSR count). The van der Waals surface area contributed by atoms with Crippen LogP contribution in [0.4, 0.5) is 0 Å². The lowest BCUT2D eigenvalue weighted by Crippen LogP contribution is -2.08. The van der Waals surface area contributed by atoms with E-state index in [1.165, 1.54) is 11.3 Å². The molecular formula is C13H9NO3S. The molecule has 90 valence electrons. The summed E-state index contributed by atoms with van der Waals surface area (Å²) in [5, 5.41) is 10.9. The van der Waals surface area contributed by atoms with E-state index in [4.69, 9.17) is 5.11 Å². The molecule has 0 unspecified atom stereocenters. The van der Waals surface area contributed by atoms with Crippen molar-refractivity contribution in [1.82, 2.24) is 4.57 Å². The molecule has 0 aliphatic carbocycles. The number of hydrogen-bond acceptors (Lipinski definition) is 3. The minimum atomic E-state index is -0.957. The zero-order valence-electron chi connectivity index (χ0n) is 9.29. The molecule has 0 atom stereocenters. The van der Waals surface area contributed by atoms with Crippen LogP contribution in [-0.2, 0) is 11.3 Å². The minimum absolute atomic E-state index is 0.0590. The van der Waals surface area contributed by atoms with Crippen LogP contribution in [0, 0.1) is 0 Å². The van der Waals surface area contributed by atoms with Gasteiger partial charge in [-0.05, 0) is 29.7 Å². The highest BCUT2D eigenvalue weighted by Crippen LogP contribution is 2.27. The first-order chi connectivity index (χ1) is 8.68. The molecule has 0 bridgehead atoms. The third-order valence-corrected chi connectivity index (χ3v) is 3.81. The van der Waals surface area contributed by atoms with Gasteiger partial charge in [0.15, 0.2) is 0 Å². The number of carbonyl (C=O) groups is 2. The number of carbonyl (C=O) groups excluding carboxylic acids is 1. The molecule has 1 aliphatic heterocycles. The molecule has 4 nitrogen and oxygen atoms in total. The molecule has 5 heteroatoms. The Hall–Kier alpha value is -2.14. The predicted octanol–water partition coefficient (Wildman–Crippen LogP) is 2.26. The lowest BCUT2D eigenvalue weighted by molar-refractivity contribution is -0.130. The summed E-state index contributed by atoms with van der Waals surface area (Å²) < 4.78 is 1.74. The van der Waals surface area contributed by atoms with E-state index in [-0.39, 0.29) is 11.4 Å². The highest BCUT2D eigenvalue weighted by atomic mass is 32.1. The second kappa shape index (κ2) is 3.96. The Labute approximate surface area is 107 Å². The highest BCUT2D eigenvalue weighted by molar-refractivity contribution is 7.12. The van der Waals surface area contributed by atoms with E-state index in [2.05, 4.69) is 0 Å². The van der Waals surface area contributed by atoms with E-state index in [0.29, 0.717) is 22.8 Å². The average Bonchev–Trinajstić information content (AvgIpc) is 3.04. The number of allylic oxidation sites excluding steroid dienone is 1. The van der Waals surface area contributed by atoms with Crippen LogP contribution in [0.5, 0.6) is 0 Å². The molecule has 0 aromatic carbocycles.